The maximum Gasteiger partial charge on any atom is 0.407 e. The lowest BCUT2D eigenvalue weighted by Crippen LogP contribution is -2.71. The van der Waals surface area contributed by atoms with Gasteiger partial charge in [-0.1, -0.05) is 5.16 Å². The van der Waals surface area contributed by atoms with Gasteiger partial charge in [-0.15, -0.1) is 32.5 Å². The minimum atomic E-state index is -3.32. The molecular formula is C20H21F2N8O7S2+. The van der Waals surface area contributed by atoms with Crippen LogP contribution < -0.4 is 21.0 Å². The fourth-order valence-electron chi connectivity index (χ4n) is 4.03. The topological polar surface area (TPSA) is 205 Å². The normalized spacial score (nSPS) is 19.0. The lowest BCUT2D eigenvalue weighted by Gasteiger charge is -2.49. The number of carbonyl (C=O) groups is 4. The molecule has 6 N–H and O–H groups in total. The molecule has 2 aromatic heterocycles. The Morgan fingerprint density at radius 1 is 1.44 bits per heavy atom. The van der Waals surface area contributed by atoms with Crippen molar-refractivity contribution < 1.29 is 47.7 Å². The second-order valence-corrected chi connectivity index (χ2v) is 9.90. The van der Waals surface area contributed by atoms with Gasteiger partial charge in [0.25, 0.3) is 11.8 Å². The molecule has 0 bridgehead atoms. The summed E-state index contributed by atoms with van der Waals surface area (Å²) in [7, 11) is 0. The zero-order valence-electron chi connectivity index (χ0n) is 19.7. The van der Waals surface area contributed by atoms with Crippen molar-refractivity contribution in [3.8, 4) is 0 Å². The fraction of sp³-hybridized carbons (Fsp3) is 0.350. The molecule has 19 heteroatoms. The molecular weight excluding hydrogens is 566 g/mol. The summed E-state index contributed by atoms with van der Waals surface area (Å²) in [6.07, 6.45) is 2.04. The van der Waals surface area contributed by atoms with Crippen molar-refractivity contribution >= 4 is 64.0 Å². The van der Waals surface area contributed by atoms with Gasteiger partial charge in [-0.2, -0.15) is 8.78 Å². The maximum absolute atomic E-state index is 13.0. The van der Waals surface area contributed by atoms with E-state index in [0.29, 0.717) is 17.8 Å². The van der Waals surface area contributed by atoms with E-state index in [2.05, 4.69) is 25.6 Å². The molecule has 0 aromatic carbocycles. The van der Waals surface area contributed by atoms with E-state index in [-0.39, 0.29) is 42.0 Å². The highest BCUT2D eigenvalue weighted by molar-refractivity contribution is 8.00. The van der Waals surface area contributed by atoms with E-state index in [1.165, 1.54) is 21.8 Å². The molecule has 0 unspecified atom stereocenters. The number of carbonyl (C=O) groups excluding carboxylic acids is 3. The van der Waals surface area contributed by atoms with E-state index in [9.17, 15) is 38.2 Å². The standard InChI is InChI=1S/C20H20F2N8O7S2/c21-19(22)37-27-12(10-7-39-20(23)25-10)15(33)26-13-16(34)30-14(18(35)36)9(6-38-17(13)30)5-28-2-1-11(24-8-32)29(28)3-4-31/h1-2,7-8,13,17,19,31H,3-6H2,(H4,23,25,26,33,35,36)/p+1/t13-,17-/m1/s1. The van der Waals surface area contributed by atoms with Crippen molar-refractivity contribution in [3.63, 3.8) is 0 Å². The number of thiazole rings is 1. The number of aliphatic hydroxyl groups excluding tert-OH is 1. The van der Waals surface area contributed by atoms with E-state index in [1.807, 2.05) is 0 Å². The first kappa shape index (κ1) is 27.9. The zero-order chi connectivity index (χ0) is 28.3. The molecule has 4 heterocycles. The molecule has 39 heavy (non-hydrogen) atoms. The number of aromatic nitrogens is 3. The Kier molecular flexibility index (Phi) is 8.41. The quantitative estimate of drug-likeness (QED) is 0.0656. The Morgan fingerprint density at radius 3 is 2.82 bits per heavy atom. The van der Waals surface area contributed by atoms with Crippen molar-refractivity contribution in [1.29, 1.82) is 0 Å². The van der Waals surface area contributed by atoms with Crippen LogP contribution in [0.15, 0.2) is 34.1 Å². The second kappa shape index (κ2) is 11.7. The van der Waals surface area contributed by atoms with Crippen LogP contribution in [-0.2, 0) is 37.1 Å². The summed E-state index contributed by atoms with van der Waals surface area (Å²) in [4.78, 5) is 57.7. The van der Waals surface area contributed by atoms with Crippen LogP contribution in [0.2, 0.25) is 0 Å². The molecule has 15 nitrogen and oxygen atoms in total. The molecule has 0 saturated carbocycles. The van der Waals surface area contributed by atoms with Crippen molar-refractivity contribution in [2.45, 2.75) is 31.1 Å². The number of thioether (sulfide) groups is 1. The Balaban J connectivity index is 1.55. The average Bonchev–Trinajstić information content (AvgIpc) is 3.48. The number of amides is 3. The van der Waals surface area contributed by atoms with Crippen LogP contribution in [-0.4, -0.2) is 85.1 Å². The summed E-state index contributed by atoms with van der Waals surface area (Å²) in [5.74, 6) is -2.61. The van der Waals surface area contributed by atoms with Gasteiger partial charge in [0, 0.05) is 16.7 Å². The fourth-order valence-corrected chi connectivity index (χ4v) is 5.91. The summed E-state index contributed by atoms with van der Waals surface area (Å²) >= 11 is 2.11. The van der Waals surface area contributed by atoms with Crippen LogP contribution in [0.5, 0.6) is 0 Å². The number of alkyl halides is 2. The second-order valence-electron chi connectivity index (χ2n) is 7.90. The molecule has 1 saturated heterocycles. The molecule has 1 fully saturated rings. The third-order valence-corrected chi connectivity index (χ3v) is 7.62. The Bertz CT molecular complexity index is 1360. The number of nitrogens with one attached hydrogen (secondary N) is 2. The third-order valence-electron chi connectivity index (χ3n) is 5.60. The number of aliphatic hydroxyl groups is 1. The van der Waals surface area contributed by atoms with Crippen molar-refractivity contribution in [2.75, 3.05) is 23.4 Å². The van der Waals surface area contributed by atoms with E-state index >= 15 is 0 Å². The number of fused-ring (bicyclic) bond motifs is 1. The number of aliphatic carboxylic acids is 1. The van der Waals surface area contributed by atoms with Crippen LogP contribution in [0.25, 0.3) is 0 Å². The lowest BCUT2D eigenvalue weighted by atomic mass is 10.0. The van der Waals surface area contributed by atoms with Crippen molar-refractivity contribution in [1.82, 2.24) is 19.9 Å². The Hall–Kier alpha value is -4.10. The number of carboxylic acids is 1. The summed E-state index contributed by atoms with van der Waals surface area (Å²) in [6, 6.07) is 0.386. The molecule has 208 valence electrons. The SMILES string of the molecule is Nc1nc(C(=NOC(F)F)C(=O)N[C@@H]2C(=O)N3C(C(=O)O)=C(C[n+]4ccc(NC=O)n4CCO)CS[C@H]23)cs1. The summed E-state index contributed by atoms with van der Waals surface area (Å²) in [5, 5.41) is 27.9. The van der Waals surface area contributed by atoms with Crippen LogP contribution in [0, 0.1) is 0 Å². The molecule has 2 aromatic rings. The first-order chi connectivity index (χ1) is 18.7. The maximum atomic E-state index is 13.0. The van der Waals surface area contributed by atoms with Crippen molar-refractivity contribution in [3.05, 3.63) is 34.6 Å². The summed E-state index contributed by atoms with van der Waals surface area (Å²) in [5.41, 5.74) is 4.87. The minimum absolute atomic E-state index is 0.0235. The molecule has 3 amide bonds. The molecule has 0 aliphatic carbocycles. The zero-order valence-corrected chi connectivity index (χ0v) is 21.3. The Morgan fingerprint density at radius 2 is 2.21 bits per heavy atom. The number of β-lactam (4-membered cyclic amide) rings is 1. The number of nitrogens with two attached hydrogens (primary N) is 1. The van der Waals surface area contributed by atoms with Gasteiger partial charge in [-0.25, -0.2) is 9.78 Å². The van der Waals surface area contributed by atoms with E-state index in [0.717, 1.165) is 16.2 Å². The monoisotopic (exact) mass is 587 g/mol. The lowest BCUT2D eigenvalue weighted by molar-refractivity contribution is -0.767. The van der Waals surface area contributed by atoms with Gasteiger partial charge >= 0.3 is 12.6 Å². The van der Waals surface area contributed by atoms with Gasteiger partial charge in [-0.3, -0.25) is 19.3 Å². The number of nitrogens with zero attached hydrogens (tertiary/aromatic N) is 5. The van der Waals surface area contributed by atoms with E-state index in [1.54, 1.807) is 16.9 Å². The number of hydrogen-bond acceptors (Lipinski definition) is 11. The first-order valence-electron chi connectivity index (χ1n) is 11.0. The first-order valence-corrected chi connectivity index (χ1v) is 12.9. The van der Waals surface area contributed by atoms with E-state index < -0.39 is 41.5 Å². The highest BCUT2D eigenvalue weighted by Gasteiger charge is 2.55. The van der Waals surface area contributed by atoms with Gasteiger partial charge in [0.1, 0.15) is 29.4 Å². The van der Waals surface area contributed by atoms with Gasteiger partial charge < -0.3 is 31.4 Å². The van der Waals surface area contributed by atoms with Crippen LogP contribution in [0.4, 0.5) is 19.7 Å². The number of rotatable bonds is 12. The smallest absolute Gasteiger partial charge is 0.407 e. The molecule has 0 spiro atoms. The number of halogens is 2. The van der Waals surface area contributed by atoms with Crippen LogP contribution in [0.1, 0.15) is 5.69 Å². The molecule has 0 radical (unpaired) electrons. The number of carboxylic acid groups (broad SMARTS) is 1. The van der Waals surface area contributed by atoms with E-state index in [4.69, 9.17) is 5.73 Å². The predicted octanol–water partition coefficient (Wildman–Crippen LogP) is -1.24. The van der Waals surface area contributed by atoms with Crippen LogP contribution >= 0.6 is 23.1 Å². The Labute approximate surface area is 225 Å². The molecule has 2 atom stereocenters. The van der Waals surface area contributed by atoms with Gasteiger partial charge in [-0.05, 0) is 0 Å². The van der Waals surface area contributed by atoms with Gasteiger partial charge in [0.2, 0.25) is 6.41 Å². The number of oxime groups is 1. The third kappa shape index (κ3) is 5.68. The highest BCUT2D eigenvalue weighted by atomic mass is 32.2. The minimum Gasteiger partial charge on any atom is -0.477 e. The summed E-state index contributed by atoms with van der Waals surface area (Å²) in [6.45, 7) is -3.44. The van der Waals surface area contributed by atoms with Crippen molar-refractivity contribution in [2.24, 2.45) is 5.16 Å². The van der Waals surface area contributed by atoms with Crippen LogP contribution in [0.3, 0.4) is 0 Å². The van der Waals surface area contributed by atoms with Gasteiger partial charge in [0.15, 0.2) is 29.4 Å². The number of nitrogen functional groups attached to an aromatic ring is 1. The molecule has 4 rings (SSSR count). The number of anilines is 2. The largest absolute Gasteiger partial charge is 0.477 e. The highest BCUT2D eigenvalue weighted by Crippen LogP contribution is 2.40. The molecule has 2 aliphatic rings. The average molecular weight is 588 g/mol. The molecule has 2 aliphatic heterocycles. The number of hydrogen-bond donors (Lipinski definition) is 5. The summed E-state index contributed by atoms with van der Waals surface area (Å²) < 4.78 is 28.2. The van der Waals surface area contributed by atoms with Gasteiger partial charge in [0.05, 0.1) is 12.7 Å². The predicted molar refractivity (Wildman–Crippen MR) is 131 cm³/mol.